The van der Waals surface area contributed by atoms with Gasteiger partial charge in [0.1, 0.15) is 5.83 Å². The fourth-order valence-electron chi connectivity index (χ4n) is 0.520. The van der Waals surface area contributed by atoms with Crippen molar-refractivity contribution in [1.82, 2.24) is 5.32 Å². The van der Waals surface area contributed by atoms with E-state index in [0.717, 1.165) is 0 Å². The fourth-order valence-corrected chi connectivity index (χ4v) is 0.646. The van der Waals surface area contributed by atoms with Gasteiger partial charge in [0.05, 0.1) is 5.70 Å². The Morgan fingerprint density at radius 1 is 1.64 bits per heavy atom. The van der Waals surface area contributed by atoms with Crippen LogP contribution in [0.15, 0.2) is 16.5 Å². The lowest BCUT2D eigenvalue weighted by atomic mass is 10.3. The van der Waals surface area contributed by atoms with Gasteiger partial charge in [0.15, 0.2) is 5.29 Å². The lowest BCUT2D eigenvalue weighted by molar-refractivity contribution is 0.590. The van der Waals surface area contributed by atoms with Crippen LogP contribution >= 0.6 is 11.6 Å². The van der Waals surface area contributed by atoms with Crippen molar-refractivity contribution < 1.29 is 4.39 Å². The van der Waals surface area contributed by atoms with E-state index in [1.54, 1.807) is 20.9 Å². The number of aliphatic imine (C=N–C) groups is 1. The fraction of sp³-hybridized carbons (Fsp3) is 0.571. The maximum atomic E-state index is 12.7. The molecule has 0 fully saturated rings. The van der Waals surface area contributed by atoms with Gasteiger partial charge in [-0.1, -0.05) is 6.92 Å². The van der Waals surface area contributed by atoms with Crippen LogP contribution in [-0.4, -0.2) is 12.3 Å². The van der Waals surface area contributed by atoms with Gasteiger partial charge in [-0.25, -0.2) is 9.38 Å². The molecule has 0 spiro atoms. The van der Waals surface area contributed by atoms with E-state index in [9.17, 15) is 4.39 Å². The standard InChI is InChI=1S/C7H12ClFN2/c1-4-6(9)5(2)11-7(8)10-3/h4H2,1-3H3,(H,10,11)/b6-5-. The summed E-state index contributed by atoms with van der Waals surface area (Å²) in [5, 5.41) is 2.79. The summed E-state index contributed by atoms with van der Waals surface area (Å²) in [6.07, 6.45) is 0.350. The molecular formula is C7H12ClFN2. The Morgan fingerprint density at radius 3 is 2.55 bits per heavy atom. The van der Waals surface area contributed by atoms with Crippen molar-refractivity contribution in [2.24, 2.45) is 4.99 Å². The van der Waals surface area contributed by atoms with Crippen LogP contribution in [0.4, 0.5) is 4.39 Å². The SMILES string of the molecule is CC/C(F)=C(C)/N=C(/Cl)NC. The van der Waals surface area contributed by atoms with Gasteiger partial charge < -0.3 is 5.32 Å². The molecule has 64 valence electrons. The summed E-state index contributed by atoms with van der Waals surface area (Å²) in [5.74, 6) is -0.238. The normalized spacial score (nSPS) is 14.5. The molecule has 0 heterocycles. The van der Waals surface area contributed by atoms with Gasteiger partial charge in [0.2, 0.25) is 0 Å². The Hall–Kier alpha value is -0.570. The first-order chi connectivity index (χ1) is 5.11. The van der Waals surface area contributed by atoms with Crippen molar-refractivity contribution in [3.63, 3.8) is 0 Å². The first kappa shape index (κ1) is 10.4. The second kappa shape index (κ2) is 5.13. The Labute approximate surface area is 71.2 Å². The largest absolute Gasteiger partial charge is 0.363 e. The summed E-state index contributed by atoms with van der Waals surface area (Å²) in [7, 11) is 1.63. The molecule has 0 saturated carbocycles. The van der Waals surface area contributed by atoms with Gasteiger partial charge in [0, 0.05) is 7.05 Å². The van der Waals surface area contributed by atoms with E-state index in [1.807, 2.05) is 0 Å². The summed E-state index contributed by atoms with van der Waals surface area (Å²) in [5.41, 5.74) is 0.326. The highest BCUT2D eigenvalue weighted by molar-refractivity contribution is 6.64. The smallest absolute Gasteiger partial charge is 0.195 e. The predicted octanol–water partition coefficient (Wildman–Crippen LogP) is 2.41. The molecule has 11 heavy (non-hydrogen) atoms. The number of rotatable bonds is 2. The van der Waals surface area contributed by atoms with Gasteiger partial charge in [-0.2, -0.15) is 0 Å². The third kappa shape index (κ3) is 3.98. The van der Waals surface area contributed by atoms with Gasteiger partial charge in [-0.05, 0) is 24.9 Å². The zero-order valence-corrected chi connectivity index (χ0v) is 7.67. The zero-order chi connectivity index (χ0) is 8.85. The molecule has 0 unspecified atom stereocenters. The minimum Gasteiger partial charge on any atom is -0.363 e. The number of allylic oxidation sites excluding steroid dienone is 2. The predicted molar refractivity (Wildman–Crippen MR) is 46.4 cm³/mol. The van der Waals surface area contributed by atoms with Crippen LogP contribution in [0.2, 0.25) is 0 Å². The van der Waals surface area contributed by atoms with Crippen molar-refractivity contribution in [2.45, 2.75) is 20.3 Å². The lowest BCUT2D eigenvalue weighted by Gasteiger charge is -1.97. The number of hydrogen-bond acceptors (Lipinski definition) is 1. The van der Waals surface area contributed by atoms with Crippen molar-refractivity contribution in [3.05, 3.63) is 11.5 Å². The summed E-state index contributed by atoms with van der Waals surface area (Å²) in [6, 6.07) is 0. The first-order valence-corrected chi connectivity index (χ1v) is 3.76. The van der Waals surface area contributed by atoms with E-state index in [0.29, 0.717) is 12.1 Å². The molecule has 0 amide bonds. The molecule has 0 aromatic heterocycles. The molecular weight excluding hydrogens is 167 g/mol. The van der Waals surface area contributed by atoms with Crippen LogP contribution < -0.4 is 5.32 Å². The highest BCUT2D eigenvalue weighted by Gasteiger charge is 1.97. The number of hydrogen-bond donors (Lipinski definition) is 1. The highest BCUT2D eigenvalue weighted by Crippen LogP contribution is 2.10. The van der Waals surface area contributed by atoms with Crippen molar-refractivity contribution in [1.29, 1.82) is 0 Å². The van der Waals surface area contributed by atoms with E-state index < -0.39 is 0 Å². The van der Waals surface area contributed by atoms with E-state index in [-0.39, 0.29) is 11.1 Å². The molecule has 1 N–H and O–H groups in total. The Kier molecular flexibility index (Phi) is 4.86. The van der Waals surface area contributed by atoms with E-state index >= 15 is 0 Å². The van der Waals surface area contributed by atoms with Gasteiger partial charge >= 0.3 is 0 Å². The summed E-state index contributed by atoms with van der Waals surface area (Å²) in [4.78, 5) is 3.74. The molecule has 0 aliphatic heterocycles. The maximum Gasteiger partial charge on any atom is 0.195 e. The molecule has 0 bridgehead atoms. The minimum atomic E-state index is -0.238. The molecule has 0 rings (SSSR count). The zero-order valence-electron chi connectivity index (χ0n) is 6.91. The Bertz CT molecular complexity index is 187. The molecule has 0 radical (unpaired) electrons. The third-order valence-corrected chi connectivity index (χ3v) is 1.45. The Morgan fingerprint density at radius 2 is 2.18 bits per heavy atom. The summed E-state index contributed by atoms with van der Waals surface area (Å²) >= 11 is 5.50. The van der Waals surface area contributed by atoms with Gasteiger partial charge in [-0.3, -0.25) is 0 Å². The van der Waals surface area contributed by atoms with Crippen LogP contribution in [0.1, 0.15) is 20.3 Å². The van der Waals surface area contributed by atoms with Crippen molar-refractivity contribution in [3.8, 4) is 0 Å². The topological polar surface area (TPSA) is 24.4 Å². The molecule has 0 aromatic rings. The van der Waals surface area contributed by atoms with Crippen LogP contribution in [0.5, 0.6) is 0 Å². The van der Waals surface area contributed by atoms with Crippen molar-refractivity contribution in [2.75, 3.05) is 7.05 Å². The number of nitrogens with zero attached hydrogens (tertiary/aromatic N) is 1. The maximum absolute atomic E-state index is 12.7. The highest BCUT2D eigenvalue weighted by atomic mass is 35.5. The molecule has 0 aliphatic rings. The van der Waals surface area contributed by atoms with Gasteiger partial charge in [-0.15, -0.1) is 0 Å². The average molecular weight is 179 g/mol. The van der Waals surface area contributed by atoms with Crippen LogP contribution in [0, 0.1) is 0 Å². The monoisotopic (exact) mass is 178 g/mol. The van der Waals surface area contributed by atoms with Crippen LogP contribution in [0.25, 0.3) is 0 Å². The van der Waals surface area contributed by atoms with E-state index in [4.69, 9.17) is 11.6 Å². The van der Waals surface area contributed by atoms with Gasteiger partial charge in [0.25, 0.3) is 0 Å². The molecule has 0 saturated heterocycles. The van der Waals surface area contributed by atoms with E-state index in [2.05, 4.69) is 10.3 Å². The molecule has 0 atom stereocenters. The second-order valence-corrected chi connectivity index (χ2v) is 2.35. The van der Waals surface area contributed by atoms with Crippen molar-refractivity contribution >= 4 is 16.9 Å². The molecule has 0 aliphatic carbocycles. The summed E-state index contributed by atoms with van der Waals surface area (Å²) in [6.45, 7) is 3.31. The number of amidine groups is 1. The minimum absolute atomic E-state index is 0.200. The van der Waals surface area contributed by atoms with Crippen LogP contribution in [0.3, 0.4) is 0 Å². The lowest BCUT2D eigenvalue weighted by Crippen LogP contribution is -2.10. The first-order valence-electron chi connectivity index (χ1n) is 3.39. The quantitative estimate of drug-likeness (QED) is 0.392. The van der Waals surface area contributed by atoms with E-state index in [1.165, 1.54) is 0 Å². The number of nitrogens with one attached hydrogen (secondary N) is 1. The molecule has 4 heteroatoms. The molecule has 2 nitrogen and oxygen atoms in total. The second-order valence-electron chi connectivity index (χ2n) is 2.00. The third-order valence-electron chi connectivity index (χ3n) is 1.18. The average Bonchev–Trinajstić information content (AvgIpc) is 2.02. The molecule has 0 aromatic carbocycles. The number of halogens is 2. The summed E-state index contributed by atoms with van der Waals surface area (Å²) < 4.78 is 12.7. The Balaban J connectivity index is 4.37. The van der Waals surface area contributed by atoms with Crippen LogP contribution in [-0.2, 0) is 0 Å².